The highest BCUT2D eigenvalue weighted by molar-refractivity contribution is 5.95. The van der Waals surface area contributed by atoms with E-state index in [2.05, 4.69) is 20.2 Å². The van der Waals surface area contributed by atoms with Gasteiger partial charge >= 0.3 is 0 Å². The van der Waals surface area contributed by atoms with Crippen LogP contribution in [0.4, 0.5) is 10.1 Å². The van der Waals surface area contributed by atoms with Crippen LogP contribution in [0.5, 0.6) is 0 Å². The van der Waals surface area contributed by atoms with Gasteiger partial charge in [-0.25, -0.2) is 9.37 Å². The monoisotopic (exact) mass is 364 g/mol. The number of H-pyrrole nitrogens is 1. The maximum absolute atomic E-state index is 13.4. The molecular weight excluding hydrogens is 343 g/mol. The minimum Gasteiger partial charge on any atom is -0.347 e. The molecule has 1 aromatic heterocycles. The highest BCUT2D eigenvalue weighted by Crippen LogP contribution is 2.24. The molecule has 1 aliphatic heterocycles. The van der Waals surface area contributed by atoms with Gasteiger partial charge in [0.2, 0.25) is 5.91 Å². The lowest BCUT2D eigenvalue weighted by Gasteiger charge is -2.23. The number of hydrogen-bond acceptors (Lipinski definition) is 3. The average Bonchev–Trinajstić information content (AvgIpc) is 3.35. The third kappa shape index (κ3) is 4.06. The van der Waals surface area contributed by atoms with E-state index in [1.54, 1.807) is 18.6 Å². The van der Waals surface area contributed by atoms with Crippen LogP contribution in [0.15, 0.2) is 61.1 Å². The van der Waals surface area contributed by atoms with Crippen LogP contribution in [0.2, 0.25) is 0 Å². The molecular formula is C21H21FN4O. The highest BCUT2D eigenvalue weighted by atomic mass is 19.1. The molecule has 2 N–H and O–H groups in total. The molecule has 1 atom stereocenters. The van der Waals surface area contributed by atoms with Crippen molar-refractivity contribution in [2.45, 2.75) is 25.4 Å². The van der Waals surface area contributed by atoms with Crippen LogP contribution >= 0.6 is 0 Å². The zero-order valence-electron chi connectivity index (χ0n) is 14.9. The fourth-order valence-corrected chi connectivity index (χ4v) is 3.54. The zero-order valence-corrected chi connectivity index (χ0v) is 14.9. The Morgan fingerprint density at radius 2 is 2.07 bits per heavy atom. The second-order valence-corrected chi connectivity index (χ2v) is 6.78. The third-order valence-electron chi connectivity index (χ3n) is 4.90. The van der Waals surface area contributed by atoms with Crippen LogP contribution in [0.1, 0.15) is 18.5 Å². The van der Waals surface area contributed by atoms with Crippen molar-refractivity contribution in [2.24, 2.45) is 0 Å². The molecule has 0 saturated carbocycles. The topological polar surface area (TPSA) is 61.0 Å². The summed E-state index contributed by atoms with van der Waals surface area (Å²) in [5.41, 5.74) is 3.48. The van der Waals surface area contributed by atoms with Gasteiger partial charge in [0.15, 0.2) is 0 Å². The minimum absolute atomic E-state index is 0.00511. The van der Waals surface area contributed by atoms with E-state index >= 15 is 0 Å². The molecule has 3 aromatic rings. The lowest BCUT2D eigenvalue weighted by atomic mass is 10.1. The molecule has 1 fully saturated rings. The molecule has 1 amide bonds. The van der Waals surface area contributed by atoms with Crippen molar-refractivity contribution in [1.82, 2.24) is 14.9 Å². The van der Waals surface area contributed by atoms with E-state index in [4.69, 9.17) is 0 Å². The van der Waals surface area contributed by atoms with Gasteiger partial charge in [0, 0.05) is 24.1 Å². The Bertz CT molecular complexity index is 908. The second kappa shape index (κ2) is 7.72. The lowest BCUT2D eigenvalue weighted by molar-refractivity contribution is -0.120. The van der Waals surface area contributed by atoms with Crippen molar-refractivity contribution in [2.75, 3.05) is 11.9 Å². The predicted molar refractivity (Wildman–Crippen MR) is 102 cm³/mol. The molecule has 1 aliphatic rings. The molecule has 6 heteroatoms. The van der Waals surface area contributed by atoms with Crippen LogP contribution in [-0.2, 0) is 11.3 Å². The number of hydrogen-bond donors (Lipinski definition) is 2. The van der Waals surface area contributed by atoms with Crippen LogP contribution in [0.3, 0.4) is 0 Å². The Morgan fingerprint density at radius 3 is 2.81 bits per heavy atom. The summed E-state index contributed by atoms with van der Waals surface area (Å²) in [6.07, 6.45) is 5.30. The van der Waals surface area contributed by atoms with Crippen molar-refractivity contribution in [1.29, 1.82) is 0 Å². The van der Waals surface area contributed by atoms with Crippen molar-refractivity contribution in [3.63, 3.8) is 0 Å². The molecule has 0 radical (unpaired) electrons. The number of nitrogens with one attached hydrogen (secondary N) is 2. The van der Waals surface area contributed by atoms with Gasteiger partial charge < -0.3 is 10.3 Å². The summed E-state index contributed by atoms with van der Waals surface area (Å²) < 4.78 is 13.4. The summed E-state index contributed by atoms with van der Waals surface area (Å²) in [4.78, 5) is 22.0. The Morgan fingerprint density at radius 1 is 1.22 bits per heavy atom. The van der Waals surface area contributed by atoms with Crippen LogP contribution in [0.25, 0.3) is 11.1 Å². The molecule has 2 aromatic carbocycles. The first-order valence-corrected chi connectivity index (χ1v) is 9.07. The standard InChI is InChI=1S/C21H21FN4O/c22-17-4-1-3-16(11-17)15-6-8-18(9-7-15)25-21(27)20-5-2-10-26(20)13-19-12-23-14-24-19/h1,3-4,6-9,11-12,14,20H,2,5,10,13H2,(H,23,24)(H,25,27). The number of likely N-dealkylation sites (tertiary alicyclic amines) is 1. The van der Waals surface area contributed by atoms with Gasteiger partial charge in [-0.1, -0.05) is 24.3 Å². The van der Waals surface area contributed by atoms with Gasteiger partial charge in [-0.3, -0.25) is 9.69 Å². The van der Waals surface area contributed by atoms with E-state index in [0.29, 0.717) is 6.54 Å². The number of anilines is 1. The number of carbonyl (C=O) groups excluding carboxylic acids is 1. The minimum atomic E-state index is -0.261. The van der Waals surface area contributed by atoms with Crippen molar-refractivity contribution < 1.29 is 9.18 Å². The van der Waals surface area contributed by atoms with Gasteiger partial charge in [0.25, 0.3) is 0 Å². The molecule has 138 valence electrons. The Labute approximate surface area is 157 Å². The Kier molecular flexibility index (Phi) is 4.98. The molecule has 27 heavy (non-hydrogen) atoms. The first kappa shape index (κ1) is 17.4. The molecule has 0 spiro atoms. The van der Waals surface area contributed by atoms with Gasteiger partial charge in [-0.2, -0.15) is 0 Å². The van der Waals surface area contributed by atoms with Crippen molar-refractivity contribution in [3.05, 3.63) is 72.6 Å². The van der Waals surface area contributed by atoms with E-state index in [-0.39, 0.29) is 17.8 Å². The van der Waals surface area contributed by atoms with E-state index in [9.17, 15) is 9.18 Å². The van der Waals surface area contributed by atoms with Crippen molar-refractivity contribution in [3.8, 4) is 11.1 Å². The highest BCUT2D eigenvalue weighted by Gasteiger charge is 2.30. The van der Waals surface area contributed by atoms with Crippen molar-refractivity contribution >= 4 is 11.6 Å². The average molecular weight is 364 g/mol. The van der Waals surface area contributed by atoms with E-state index in [0.717, 1.165) is 41.9 Å². The van der Waals surface area contributed by atoms with Crippen LogP contribution in [-0.4, -0.2) is 33.4 Å². The molecule has 0 aliphatic carbocycles. The quantitative estimate of drug-likeness (QED) is 0.724. The fourth-order valence-electron chi connectivity index (χ4n) is 3.54. The number of rotatable bonds is 5. The van der Waals surface area contributed by atoms with Crippen LogP contribution < -0.4 is 5.32 Å². The first-order chi connectivity index (χ1) is 13.2. The van der Waals surface area contributed by atoms with E-state index in [1.807, 2.05) is 30.3 Å². The summed E-state index contributed by atoms with van der Waals surface area (Å²) in [6.45, 7) is 1.59. The normalized spacial score (nSPS) is 17.1. The van der Waals surface area contributed by atoms with Gasteiger partial charge in [0.05, 0.1) is 12.4 Å². The van der Waals surface area contributed by atoms with E-state index in [1.165, 1.54) is 12.1 Å². The number of carbonyl (C=O) groups is 1. The molecule has 1 saturated heterocycles. The van der Waals surface area contributed by atoms with Gasteiger partial charge in [-0.05, 0) is 54.8 Å². The number of aromatic nitrogens is 2. The maximum atomic E-state index is 13.4. The van der Waals surface area contributed by atoms with Gasteiger partial charge in [-0.15, -0.1) is 0 Å². The maximum Gasteiger partial charge on any atom is 0.241 e. The zero-order chi connectivity index (χ0) is 18.6. The molecule has 5 nitrogen and oxygen atoms in total. The number of nitrogens with zero attached hydrogens (tertiary/aromatic N) is 2. The second-order valence-electron chi connectivity index (χ2n) is 6.78. The smallest absolute Gasteiger partial charge is 0.241 e. The number of imidazole rings is 1. The number of amides is 1. The lowest BCUT2D eigenvalue weighted by Crippen LogP contribution is -2.39. The number of aromatic amines is 1. The fraction of sp³-hybridized carbons (Fsp3) is 0.238. The number of halogens is 1. The molecule has 0 bridgehead atoms. The Hall–Kier alpha value is -2.99. The predicted octanol–water partition coefficient (Wildman–Crippen LogP) is 3.82. The molecule has 4 rings (SSSR count). The number of benzene rings is 2. The summed E-state index contributed by atoms with van der Waals surface area (Å²) in [5, 5.41) is 3.00. The third-order valence-corrected chi connectivity index (χ3v) is 4.90. The molecule has 1 unspecified atom stereocenters. The van der Waals surface area contributed by atoms with Crippen LogP contribution in [0, 0.1) is 5.82 Å². The summed E-state index contributed by atoms with van der Waals surface area (Å²) in [6, 6.07) is 13.8. The summed E-state index contributed by atoms with van der Waals surface area (Å²) >= 11 is 0. The first-order valence-electron chi connectivity index (χ1n) is 9.07. The molecule has 2 heterocycles. The largest absolute Gasteiger partial charge is 0.347 e. The van der Waals surface area contributed by atoms with Gasteiger partial charge in [0.1, 0.15) is 5.82 Å². The Balaban J connectivity index is 1.41. The van der Waals surface area contributed by atoms with E-state index < -0.39 is 0 Å². The SMILES string of the molecule is O=C(Nc1ccc(-c2cccc(F)c2)cc1)C1CCCN1Cc1cnc[nH]1. The summed E-state index contributed by atoms with van der Waals surface area (Å²) in [5.74, 6) is -0.256. The summed E-state index contributed by atoms with van der Waals surface area (Å²) in [7, 11) is 0.